The fourth-order valence-corrected chi connectivity index (χ4v) is 2.96. The van der Waals surface area contributed by atoms with Crippen LogP contribution in [0.15, 0.2) is 30.3 Å². The van der Waals surface area contributed by atoms with Crippen LogP contribution in [0.4, 0.5) is 0 Å². The number of amides is 1. The number of carbonyl (C=O) groups excluding carboxylic acids is 1. The highest BCUT2D eigenvalue weighted by Gasteiger charge is 2.22. The topological polar surface area (TPSA) is 29.5 Å². The first kappa shape index (κ1) is 16.0. The summed E-state index contributed by atoms with van der Waals surface area (Å²) in [6.45, 7) is 5.26. The van der Waals surface area contributed by atoms with Crippen molar-refractivity contribution in [2.24, 2.45) is 5.92 Å². The molecule has 0 atom stereocenters. The van der Waals surface area contributed by atoms with Crippen LogP contribution in [0, 0.1) is 5.92 Å². The van der Waals surface area contributed by atoms with Crippen molar-refractivity contribution < 1.29 is 9.53 Å². The van der Waals surface area contributed by atoms with E-state index in [-0.39, 0.29) is 0 Å². The van der Waals surface area contributed by atoms with Gasteiger partial charge in [-0.1, -0.05) is 30.3 Å². The van der Waals surface area contributed by atoms with Crippen molar-refractivity contribution in [2.45, 2.75) is 39.0 Å². The molecule has 0 aromatic heterocycles. The summed E-state index contributed by atoms with van der Waals surface area (Å²) in [5.74, 6) is 1.02. The lowest BCUT2D eigenvalue weighted by Gasteiger charge is -2.32. The SMILES string of the molecule is CCOCCCC(=O)N1CCC(Cc2ccccc2)CC1. The van der Waals surface area contributed by atoms with Crippen LogP contribution in [0.1, 0.15) is 38.2 Å². The molecule has 116 valence electrons. The van der Waals surface area contributed by atoms with Gasteiger partial charge >= 0.3 is 0 Å². The fraction of sp³-hybridized carbons (Fsp3) is 0.611. The summed E-state index contributed by atoms with van der Waals surface area (Å²) in [6, 6.07) is 10.7. The van der Waals surface area contributed by atoms with Gasteiger partial charge in [0.1, 0.15) is 0 Å². The third-order valence-corrected chi connectivity index (χ3v) is 4.22. The molecule has 1 saturated heterocycles. The minimum Gasteiger partial charge on any atom is -0.382 e. The summed E-state index contributed by atoms with van der Waals surface area (Å²) in [6.07, 6.45) is 4.88. The van der Waals surface area contributed by atoms with E-state index in [0.717, 1.165) is 51.3 Å². The van der Waals surface area contributed by atoms with E-state index in [1.807, 2.05) is 11.8 Å². The Kier molecular flexibility index (Phi) is 6.74. The van der Waals surface area contributed by atoms with Gasteiger partial charge in [-0.15, -0.1) is 0 Å². The maximum absolute atomic E-state index is 12.1. The van der Waals surface area contributed by atoms with E-state index in [1.165, 1.54) is 5.56 Å². The van der Waals surface area contributed by atoms with E-state index in [1.54, 1.807) is 0 Å². The van der Waals surface area contributed by atoms with Crippen molar-refractivity contribution in [1.29, 1.82) is 0 Å². The van der Waals surface area contributed by atoms with E-state index in [9.17, 15) is 4.79 Å². The second kappa shape index (κ2) is 8.83. The summed E-state index contributed by atoms with van der Waals surface area (Å²) in [7, 11) is 0. The molecule has 3 nitrogen and oxygen atoms in total. The van der Waals surface area contributed by atoms with Crippen molar-refractivity contribution in [3.63, 3.8) is 0 Å². The van der Waals surface area contributed by atoms with Gasteiger partial charge in [-0.2, -0.15) is 0 Å². The van der Waals surface area contributed by atoms with Crippen LogP contribution in [0.3, 0.4) is 0 Å². The Labute approximate surface area is 128 Å². The van der Waals surface area contributed by atoms with Crippen LogP contribution in [0.2, 0.25) is 0 Å². The number of hydrogen-bond donors (Lipinski definition) is 0. The molecule has 0 aliphatic carbocycles. The molecule has 0 unspecified atom stereocenters. The molecule has 3 heteroatoms. The minimum absolute atomic E-state index is 0.299. The minimum atomic E-state index is 0.299. The standard InChI is InChI=1S/C18H27NO2/c1-2-21-14-6-9-18(20)19-12-10-17(11-13-19)15-16-7-4-3-5-8-16/h3-5,7-8,17H,2,6,9-15H2,1H3. The maximum Gasteiger partial charge on any atom is 0.222 e. The zero-order valence-electron chi connectivity index (χ0n) is 13.1. The van der Waals surface area contributed by atoms with E-state index in [4.69, 9.17) is 4.74 Å². The highest BCUT2D eigenvalue weighted by Crippen LogP contribution is 2.22. The molecule has 0 N–H and O–H groups in total. The van der Waals surface area contributed by atoms with Crippen LogP contribution < -0.4 is 0 Å². The molecule has 0 bridgehead atoms. The molecule has 0 radical (unpaired) electrons. The second-order valence-corrected chi connectivity index (χ2v) is 5.81. The average molecular weight is 289 g/mol. The summed E-state index contributed by atoms with van der Waals surface area (Å²) in [5.41, 5.74) is 1.42. The quantitative estimate of drug-likeness (QED) is 0.721. The monoisotopic (exact) mass is 289 g/mol. The summed E-state index contributed by atoms with van der Waals surface area (Å²) in [4.78, 5) is 14.1. The van der Waals surface area contributed by atoms with Gasteiger partial charge in [-0.25, -0.2) is 0 Å². The molecule has 1 fully saturated rings. The Bertz CT molecular complexity index is 410. The Hall–Kier alpha value is -1.35. The third kappa shape index (κ3) is 5.50. The molecule has 1 aromatic carbocycles. The smallest absolute Gasteiger partial charge is 0.222 e. The van der Waals surface area contributed by atoms with E-state index in [0.29, 0.717) is 18.9 Å². The fourth-order valence-electron chi connectivity index (χ4n) is 2.96. The highest BCUT2D eigenvalue weighted by molar-refractivity contribution is 5.76. The van der Waals surface area contributed by atoms with Gasteiger partial charge in [0, 0.05) is 32.7 Å². The van der Waals surface area contributed by atoms with E-state index in [2.05, 4.69) is 30.3 Å². The normalized spacial score (nSPS) is 16.1. The molecule has 1 aliphatic heterocycles. The number of piperidine rings is 1. The van der Waals surface area contributed by atoms with Crippen LogP contribution in [0.25, 0.3) is 0 Å². The number of ether oxygens (including phenoxy) is 1. The van der Waals surface area contributed by atoms with Crippen molar-refractivity contribution in [2.75, 3.05) is 26.3 Å². The largest absolute Gasteiger partial charge is 0.382 e. The molecule has 0 spiro atoms. The first-order chi connectivity index (χ1) is 10.3. The summed E-state index contributed by atoms with van der Waals surface area (Å²) >= 11 is 0. The predicted octanol–water partition coefficient (Wildman–Crippen LogP) is 3.28. The average Bonchev–Trinajstić information content (AvgIpc) is 2.53. The maximum atomic E-state index is 12.1. The molecular formula is C18H27NO2. The first-order valence-corrected chi connectivity index (χ1v) is 8.19. The van der Waals surface area contributed by atoms with Crippen LogP contribution >= 0.6 is 0 Å². The molecular weight excluding hydrogens is 262 g/mol. The number of rotatable bonds is 7. The number of benzene rings is 1. The number of carbonyl (C=O) groups is 1. The van der Waals surface area contributed by atoms with Gasteiger partial charge in [0.05, 0.1) is 0 Å². The molecule has 1 aliphatic rings. The summed E-state index contributed by atoms with van der Waals surface area (Å²) in [5, 5.41) is 0. The third-order valence-electron chi connectivity index (χ3n) is 4.22. The van der Waals surface area contributed by atoms with Crippen LogP contribution in [0.5, 0.6) is 0 Å². The molecule has 1 aromatic rings. The lowest BCUT2D eigenvalue weighted by atomic mass is 9.90. The zero-order valence-corrected chi connectivity index (χ0v) is 13.1. The molecule has 1 amide bonds. The Balaban J connectivity index is 1.67. The molecule has 1 heterocycles. The van der Waals surface area contributed by atoms with Crippen LogP contribution in [-0.4, -0.2) is 37.1 Å². The van der Waals surface area contributed by atoms with Crippen LogP contribution in [-0.2, 0) is 16.0 Å². The van der Waals surface area contributed by atoms with Crippen molar-refractivity contribution in [1.82, 2.24) is 4.90 Å². The molecule has 2 rings (SSSR count). The van der Waals surface area contributed by atoms with Gasteiger partial charge < -0.3 is 9.64 Å². The van der Waals surface area contributed by atoms with E-state index < -0.39 is 0 Å². The van der Waals surface area contributed by atoms with Crippen molar-refractivity contribution >= 4 is 5.91 Å². The van der Waals surface area contributed by atoms with Gasteiger partial charge in [-0.3, -0.25) is 4.79 Å². The van der Waals surface area contributed by atoms with Gasteiger partial charge in [0.15, 0.2) is 0 Å². The highest BCUT2D eigenvalue weighted by atomic mass is 16.5. The number of likely N-dealkylation sites (tertiary alicyclic amines) is 1. The van der Waals surface area contributed by atoms with Crippen molar-refractivity contribution in [3.05, 3.63) is 35.9 Å². The van der Waals surface area contributed by atoms with E-state index >= 15 is 0 Å². The first-order valence-electron chi connectivity index (χ1n) is 8.19. The lowest BCUT2D eigenvalue weighted by molar-refractivity contribution is -0.132. The Morgan fingerprint density at radius 1 is 1.24 bits per heavy atom. The Morgan fingerprint density at radius 2 is 1.95 bits per heavy atom. The van der Waals surface area contributed by atoms with Gasteiger partial charge in [0.2, 0.25) is 5.91 Å². The Morgan fingerprint density at radius 3 is 2.62 bits per heavy atom. The zero-order chi connectivity index (χ0) is 14.9. The van der Waals surface area contributed by atoms with Crippen molar-refractivity contribution in [3.8, 4) is 0 Å². The number of nitrogens with zero attached hydrogens (tertiary/aromatic N) is 1. The molecule has 21 heavy (non-hydrogen) atoms. The van der Waals surface area contributed by atoms with Gasteiger partial charge in [0.25, 0.3) is 0 Å². The molecule has 0 saturated carbocycles. The summed E-state index contributed by atoms with van der Waals surface area (Å²) < 4.78 is 5.28. The lowest BCUT2D eigenvalue weighted by Crippen LogP contribution is -2.38. The number of hydrogen-bond acceptors (Lipinski definition) is 2. The predicted molar refractivity (Wildman–Crippen MR) is 85.2 cm³/mol. The second-order valence-electron chi connectivity index (χ2n) is 5.81. The van der Waals surface area contributed by atoms with Gasteiger partial charge in [-0.05, 0) is 44.1 Å².